The van der Waals surface area contributed by atoms with Crippen LogP contribution < -0.4 is 10.5 Å². The molecule has 2 aromatic rings. The smallest absolute Gasteiger partial charge is 0.232 e. The monoisotopic (exact) mass is 299 g/mol. The lowest BCUT2D eigenvalue weighted by Crippen LogP contribution is -2.04. The zero-order valence-corrected chi connectivity index (χ0v) is 10.8. The van der Waals surface area contributed by atoms with E-state index in [0.717, 1.165) is 6.42 Å². The first-order chi connectivity index (χ1) is 7.75. The molecule has 2 N–H and O–H groups in total. The highest BCUT2D eigenvalue weighted by molar-refractivity contribution is 9.10. The summed E-state index contributed by atoms with van der Waals surface area (Å²) in [6.07, 6.45) is 2.46. The highest BCUT2D eigenvalue weighted by Crippen LogP contribution is 2.22. The predicted octanol–water partition coefficient (Wildman–Crippen LogP) is 2.50. The number of thiophene rings is 1. The van der Waals surface area contributed by atoms with Gasteiger partial charge >= 0.3 is 0 Å². The summed E-state index contributed by atoms with van der Waals surface area (Å²) in [7, 11) is 0. The summed E-state index contributed by atoms with van der Waals surface area (Å²) in [5, 5.41) is 2.05. The van der Waals surface area contributed by atoms with Crippen molar-refractivity contribution >= 4 is 33.2 Å². The van der Waals surface area contributed by atoms with Crippen LogP contribution in [0.5, 0.6) is 5.88 Å². The van der Waals surface area contributed by atoms with Crippen LogP contribution in [-0.2, 0) is 6.42 Å². The summed E-state index contributed by atoms with van der Waals surface area (Å²) in [5.74, 6) is 0.707. The van der Waals surface area contributed by atoms with Crippen LogP contribution in [0.3, 0.4) is 0 Å². The fourth-order valence-electron chi connectivity index (χ4n) is 1.17. The molecule has 0 aliphatic heterocycles. The van der Waals surface area contributed by atoms with Crippen molar-refractivity contribution in [3.8, 4) is 5.88 Å². The molecular weight excluding hydrogens is 290 g/mol. The lowest BCUT2D eigenvalue weighted by Gasteiger charge is -2.06. The average Bonchev–Trinajstić information content (AvgIpc) is 2.76. The van der Waals surface area contributed by atoms with Crippen molar-refractivity contribution in [1.29, 1.82) is 0 Å². The van der Waals surface area contributed by atoms with E-state index in [1.54, 1.807) is 17.5 Å². The van der Waals surface area contributed by atoms with E-state index in [1.165, 1.54) is 4.88 Å². The predicted molar refractivity (Wildman–Crippen MR) is 67.7 cm³/mol. The topological polar surface area (TPSA) is 61.0 Å². The molecule has 0 saturated heterocycles. The Morgan fingerprint density at radius 3 is 3.12 bits per heavy atom. The van der Waals surface area contributed by atoms with Gasteiger partial charge in [-0.05, 0) is 27.4 Å². The van der Waals surface area contributed by atoms with Crippen molar-refractivity contribution in [2.24, 2.45) is 0 Å². The van der Waals surface area contributed by atoms with Crippen molar-refractivity contribution in [2.45, 2.75) is 6.42 Å². The number of aromatic nitrogens is 2. The summed E-state index contributed by atoms with van der Waals surface area (Å²) in [4.78, 5) is 9.12. The van der Waals surface area contributed by atoms with Gasteiger partial charge in [0.1, 0.15) is 0 Å². The van der Waals surface area contributed by atoms with Gasteiger partial charge in [-0.1, -0.05) is 6.07 Å². The van der Waals surface area contributed by atoms with E-state index in [0.29, 0.717) is 17.0 Å². The standard InChI is InChI=1S/C10H10BrN3OS/c11-8-6-13-10(12)14-9(8)15-4-3-7-2-1-5-16-7/h1-2,5-6H,3-4H2,(H2,12,13,14). The molecular formula is C10H10BrN3OS. The molecule has 4 nitrogen and oxygen atoms in total. The summed E-state index contributed by atoms with van der Waals surface area (Å²) in [5.41, 5.74) is 5.47. The molecule has 2 rings (SSSR count). The van der Waals surface area contributed by atoms with Crippen molar-refractivity contribution in [3.63, 3.8) is 0 Å². The van der Waals surface area contributed by atoms with Gasteiger partial charge in [-0.25, -0.2) is 4.98 Å². The normalized spacial score (nSPS) is 10.3. The Labute approximate surface area is 106 Å². The largest absolute Gasteiger partial charge is 0.476 e. The molecule has 16 heavy (non-hydrogen) atoms. The van der Waals surface area contributed by atoms with Gasteiger partial charge < -0.3 is 10.5 Å². The van der Waals surface area contributed by atoms with E-state index in [2.05, 4.69) is 32.0 Å². The molecule has 0 bridgehead atoms. The maximum atomic E-state index is 5.52. The third kappa shape index (κ3) is 2.93. The Kier molecular flexibility index (Phi) is 3.74. The van der Waals surface area contributed by atoms with Crippen molar-refractivity contribution < 1.29 is 4.74 Å². The summed E-state index contributed by atoms with van der Waals surface area (Å²) in [6, 6.07) is 4.11. The zero-order chi connectivity index (χ0) is 11.4. The van der Waals surface area contributed by atoms with E-state index in [4.69, 9.17) is 10.5 Å². The quantitative estimate of drug-likeness (QED) is 0.942. The van der Waals surface area contributed by atoms with Crippen LogP contribution in [-0.4, -0.2) is 16.6 Å². The van der Waals surface area contributed by atoms with E-state index in [9.17, 15) is 0 Å². The molecule has 0 aliphatic carbocycles. The minimum Gasteiger partial charge on any atom is -0.476 e. The molecule has 2 heterocycles. The van der Waals surface area contributed by atoms with E-state index in [-0.39, 0.29) is 5.95 Å². The minimum absolute atomic E-state index is 0.217. The number of rotatable bonds is 4. The number of ether oxygens (including phenoxy) is 1. The molecule has 0 aromatic carbocycles. The number of nitrogens with two attached hydrogens (primary N) is 1. The molecule has 0 atom stereocenters. The summed E-state index contributed by atoms with van der Waals surface area (Å²) >= 11 is 5.02. The minimum atomic E-state index is 0.217. The number of hydrogen-bond acceptors (Lipinski definition) is 5. The average molecular weight is 300 g/mol. The Morgan fingerprint density at radius 2 is 2.38 bits per heavy atom. The number of nitrogens with zero attached hydrogens (tertiary/aromatic N) is 2. The van der Waals surface area contributed by atoms with Crippen LogP contribution in [0.15, 0.2) is 28.2 Å². The fraction of sp³-hybridized carbons (Fsp3) is 0.200. The first kappa shape index (κ1) is 11.3. The second-order valence-corrected chi connectivity index (χ2v) is 4.95. The van der Waals surface area contributed by atoms with Crippen LogP contribution in [0.2, 0.25) is 0 Å². The Balaban J connectivity index is 1.92. The van der Waals surface area contributed by atoms with Gasteiger partial charge in [0.25, 0.3) is 0 Å². The second-order valence-electron chi connectivity index (χ2n) is 3.06. The molecule has 0 saturated carbocycles. The van der Waals surface area contributed by atoms with Crippen LogP contribution >= 0.6 is 27.3 Å². The van der Waals surface area contributed by atoms with E-state index in [1.807, 2.05) is 11.4 Å². The highest BCUT2D eigenvalue weighted by Gasteiger charge is 2.04. The third-order valence-electron chi connectivity index (χ3n) is 1.90. The molecule has 0 fully saturated rings. The van der Waals surface area contributed by atoms with Gasteiger partial charge in [0.15, 0.2) is 0 Å². The van der Waals surface area contributed by atoms with Crippen molar-refractivity contribution in [2.75, 3.05) is 12.3 Å². The molecule has 0 unspecified atom stereocenters. The second kappa shape index (κ2) is 5.27. The first-order valence-corrected chi connectivity index (χ1v) is 6.36. The van der Waals surface area contributed by atoms with Crippen molar-refractivity contribution in [1.82, 2.24) is 9.97 Å². The molecule has 6 heteroatoms. The fourth-order valence-corrected chi connectivity index (χ4v) is 2.16. The van der Waals surface area contributed by atoms with Gasteiger partial charge in [-0.2, -0.15) is 4.98 Å². The van der Waals surface area contributed by atoms with Crippen LogP contribution in [0, 0.1) is 0 Å². The van der Waals surface area contributed by atoms with E-state index >= 15 is 0 Å². The van der Waals surface area contributed by atoms with Gasteiger partial charge in [-0.3, -0.25) is 0 Å². The van der Waals surface area contributed by atoms with E-state index < -0.39 is 0 Å². The van der Waals surface area contributed by atoms with Gasteiger partial charge in [0.05, 0.1) is 17.3 Å². The molecule has 0 aliphatic rings. The summed E-state index contributed by atoms with van der Waals surface area (Å²) < 4.78 is 6.24. The maximum absolute atomic E-state index is 5.52. The van der Waals surface area contributed by atoms with Gasteiger partial charge in [0.2, 0.25) is 11.8 Å². The first-order valence-electron chi connectivity index (χ1n) is 4.69. The van der Waals surface area contributed by atoms with Crippen LogP contribution in [0.25, 0.3) is 0 Å². The van der Waals surface area contributed by atoms with Crippen molar-refractivity contribution in [3.05, 3.63) is 33.1 Å². The Bertz CT molecular complexity index is 461. The van der Waals surface area contributed by atoms with Gasteiger partial charge in [-0.15, -0.1) is 11.3 Å². The van der Waals surface area contributed by atoms with Crippen LogP contribution in [0.4, 0.5) is 5.95 Å². The number of nitrogen functional groups attached to an aromatic ring is 1. The highest BCUT2D eigenvalue weighted by atomic mass is 79.9. The Morgan fingerprint density at radius 1 is 1.50 bits per heavy atom. The van der Waals surface area contributed by atoms with Gasteiger partial charge in [0, 0.05) is 11.3 Å². The lowest BCUT2D eigenvalue weighted by atomic mass is 10.4. The summed E-state index contributed by atoms with van der Waals surface area (Å²) in [6.45, 7) is 0.579. The third-order valence-corrected chi connectivity index (χ3v) is 3.38. The number of anilines is 1. The molecule has 0 radical (unpaired) electrons. The van der Waals surface area contributed by atoms with Crippen LogP contribution in [0.1, 0.15) is 4.88 Å². The number of halogens is 1. The lowest BCUT2D eigenvalue weighted by molar-refractivity contribution is 0.308. The molecule has 0 spiro atoms. The number of hydrogen-bond donors (Lipinski definition) is 1. The zero-order valence-electron chi connectivity index (χ0n) is 8.39. The SMILES string of the molecule is Nc1ncc(Br)c(OCCc2cccs2)n1. The molecule has 84 valence electrons. The Hall–Kier alpha value is -1.14. The maximum Gasteiger partial charge on any atom is 0.232 e. The molecule has 2 aromatic heterocycles. The molecule has 0 amide bonds.